The smallest absolute Gasteiger partial charge is 0.244 e. The second-order valence-corrected chi connectivity index (χ2v) is 12.5. The summed E-state index contributed by atoms with van der Waals surface area (Å²) in [6.45, 7) is 5.76. The summed E-state index contributed by atoms with van der Waals surface area (Å²) < 4.78 is 33.3. The lowest BCUT2D eigenvalue weighted by atomic mass is 10.1. The molecule has 0 saturated heterocycles. The quantitative estimate of drug-likeness (QED) is 0.302. The Morgan fingerprint density at radius 3 is 2.05 bits per heavy atom. The highest BCUT2D eigenvalue weighted by atomic mass is 79.9. The molecule has 0 aromatic heterocycles. The maximum Gasteiger partial charge on any atom is 0.244 e. The number of ether oxygens (including phenoxy) is 1. The Morgan fingerprint density at radius 2 is 1.49 bits per heavy atom. The summed E-state index contributed by atoms with van der Waals surface area (Å²) >= 11 is 3.40. The van der Waals surface area contributed by atoms with Crippen LogP contribution in [0.1, 0.15) is 26.3 Å². The van der Waals surface area contributed by atoms with Gasteiger partial charge in [-0.2, -0.15) is 0 Å². The Hall–Kier alpha value is -3.37. The summed E-state index contributed by atoms with van der Waals surface area (Å²) in [4.78, 5) is 28.0. The molecule has 1 unspecified atom stereocenters. The van der Waals surface area contributed by atoms with Gasteiger partial charge in [-0.05, 0) is 66.9 Å². The number of carbonyl (C=O) groups is 2. The molecule has 2 amide bonds. The molecule has 0 aliphatic rings. The van der Waals surface area contributed by atoms with Crippen molar-refractivity contribution in [2.75, 3.05) is 23.7 Å². The van der Waals surface area contributed by atoms with Crippen LogP contribution in [-0.2, 0) is 26.2 Å². The van der Waals surface area contributed by atoms with Crippen LogP contribution in [0.2, 0.25) is 0 Å². The zero-order valence-electron chi connectivity index (χ0n) is 22.5. The lowest BCUT2D eigenvalue weighted by Gasteiger charge is -2.31. The van der Waals surface area contributed by atoms with Crippen molar-refractivity contribution < 1.29 is 22.7 Å². The van der Waals surface area contributed by atoms with Gasteiger partial charge >= 0.3 is 0 Å². The Kier molecular flexibility index (Phi) is 10.5. The fraction of sp³-hybridized carbons (Fsp3) is 0.310. The lowest BCUT2D eigenvalue weighted by Crippen LogP contribution is -2.51. The number of amides is 2. The third-order valence-corrected chi connectivity index (χ3v) is 7.57. The van der Waals surface area contributed by atoms with Crippen molar-refractivity contribution in [3.05, 3.63) is 88.9 Å². The van der Waals surface area contributed by atoms with E-state index in [0.717, 1.165) is 20.6 Å². The van der Waals surface area contributed by atoms with E-state index in [2.05, 4.69) is 21.2 Å². The summed E-state index contributed by atoms with van der Waals surface area (Å²) in [5.41, 5.74) is 1.12. The van der Waals surface area contributed by atoms with Crippen molar-refractivity contribution in [1.82, 2.24) is 10.2 Å². The third-order valence-electron chi connectivity index (χ3n) is 5.90. The fourth-order valence-electron chi connectivity index (χ4n) is 3.74. The Morgan fingerprint density at radius 1 is 0.897 bits per heavy atom. The van der Waals surface area contributed by atoms with E-state index in [-0.39, 0.29) is 18.4 Å². The molecule has 3 rings (SSSR count). The van der Waals surface area contributed by atoms with E-state index in [4.69, 9.17) is 4.74 Å². The lowest BCUT2D eigenvalue weighted by molar-refractivity contribution is -0.139. The summed E-state index contributed by atoms with van der Waals surface area (Å²) in [6.07, 6.45) is 1.05. The van der Waals surface area contributed by atoms with Gasteiger partial charge in [0.2, 0.25) is 21.8 Å². The Bertz CT molecular complexity index is 1350. The predicted molar refractivity (Wildman–Crippen MR) is 157 cm³/mol. The number of hydrogen-bond acceptors (Lipinski definition) is 5. The molecule has 1 atom stereocenters. The first-order valence-electron chi connectivity index (χ1n) is 12.6. The van der Waals surface area contributed by atoms with E-state index in [0.29, 0.717) is 23.7 Å². The SMILES string of the molecule is CC(C)CNC(=O)C(C)N(Cc1ccc(Br)cc1)C(=O)CN(c1ccc(Oc2ccccc2)cc1)S(C)(=O)=O. The van der Waals surface area contributed by atoms with Gasteiger partial charge in [-0.3, -0.25) is 13.9 Å². The highest BCUT2D eigenvalue weighted by Crippen LogP contribution is 2.26. The number of hydrogen-bond donors (Lipinski definition) is 1. The number of para-hydroxylation sites is 1. The highest BCUT2D eigenvalue weighted by molar-refractivity contribution is 9.10. The van der Waals surface area contributed by atoms with Crippen molar-refractivity contribution in [1.29, 1.82) is 0 Å². The molecule has 10 heteroatoms. The Balaban J connectivity index is 1.84. The number of halogens is 1. The number of nitrogens with zero attached hydrogens (tertiary/aromatic N) is 2. The molecule has 0 spiro atoms. The van der Waals surface area contributed by atoms with Gasteiger partial charge in [0.15, 0.2) is 0 Å². The number of nitrogens with one attached hydrogen (secondary N) is 1. The Labute approximate surface area is 239 Å². The first kappa shape index (κ1) is 30.2. The second-order valence-electron chi connectivity index (χ2n) is 9.64. The van der Waals surface area contributed by atoms with Crippen molar-refractivity contribution in [3.8, 4) is 11.5 Å². The number of benzene rings is 3. The minimum atomic E-state index is -3.83. The van der Waals surface area contributed by atoms with Crippen LogP contribution in [0.25, 0.3) is 0 Å². The van der Waals surface area contributed by atoms with Gasteiger partial charge in [-0.25, -0.2) is 8.42 Å². The van der Waals surface area contributed by atoms with Gasteiger partial charge in [0.1, 0.15) is 24.1 Å². The standard InChI is InChI=1S/C29H34BrN3O5S/c1-21(2)18-31-29(35)22(3)32(19-23-10-12-24(30)13-11-23)28(34)20-33(39(4,36)37)25-14-16-27(17-15-25)38-26-8-6-5-7-9-26/h5-17,21-22H,18-20H2,1-4H3,(H,31,35). The normalized spacial score (nSPS) is 12.1. The zero-order chi connectivity index (χ0) is 28.6. The van der Waals surface area contributed by atoms with E-state index in [1.54, 1.807) is 31.2 Å². The monoisotopic (exact) mass is 615 g/mol. The first-order chi connectivity index (χ1) is 18.4. The van der Waals surface area contributed by atoms with Crippen LogP contribution < -0.4 is 14.4 Å². The van der Waals surface area contributed by atoms with Crippen LogP contribution in [0.4, 0.5) is 5.69 Å². The molecule has 3 aromatic rings. The molecule has 3 aromatic carbocycles. The van der Waals surface area contributed by atoms with Gasteiger partial charge in [0.05, 0.1) is 11.9 Å². The van der Waals surface area contributed by atoms with Gasteiger partial charge in [0.25, 0.3) is 0 Å². The fourth-order valence-corrected chi connectivity index (χ4v) is 4.85. The van der Waals surface area contributed by atoms with Crippen LogP contribution >= 0.6 is 15.9 Å². The minimum absolute atomic E-state index is 0.143. The number of carbonyl (C=O) groups excluding carboxylic acids is 2. The maximum absolute atomic E-state index is 13.6. The van der Waals surface area contributed by atoms with Crippen LogP contribution in [0.5, 0.6) is 11.5 Å². The largest absolute Gasteiger partial charge is 0.457 e. The van der Waals surface area contributed by atoms with E-state index in [1.165, 1.54) is 4.90 Å². The average molecular weight is 617 g/mol. The molecule has 0 aliphatic carbocycles. The molecule has 0 bridgehead atoms. The van der Waals surface area contributed by atoms with Crippen molar-refractivity contribution >= 4 is 43.5 Å². The van der Waals surface area contributed by atoms with E-state index < -0.39 is 28.5 Å². The van der Waals surface area contributed by atoms with Crippen LogP contribution in [0.15, 0.2) is 83.3 Å². The average Bonchev–Trinajstić information content (AvgIpc) is 2.90. The molecule has 0 saturated carbocycles. The molecule has 0 fully saturated rings. The zero-order valence-corrected chi connectivity index (χ0v) is 24.9. The molecule has 39 heavy (non-hydrogen) atoms. The molecular weight excluding hydrogens is 582 g/mol. The van der Waals surface area contributed by atoms with Gasteiger partial charge in [-0.15, -0.1) is 0 Å². The van der Waals surface area contributed by atoms with E-state index in [1.807, 2.05) is 68.4 Å². The molecule has 1 N–H and O–H groups in total. The summed E-state index contributed by atoms with van der Waals surface area (Å²) in [5, 5.41) is 2.87. The van der Waals surface area contributed by atoms with Crippen molar-refractivity contribution in [2.45, 2.75) is 33.4 Å². The van der Waals surface area contributed by atoms with Gasteiger partial charge < -0.3 is 15.0 Å². The number of sulfonamides is 1. The van der Waals surface area contributed by atoms with Gasteiger partial charge in [-0.1, -0.05) is 60.1 Å². The molecule has 8 nitrogen and oxygen atoms in total. The molecule has 0 aliphatic heterocycles. The minimum Gasteiger partial charge on any atom is -0.457 e. The van der Waals surface area contributed by atoms with Gasteiger partial charge in [0, 0.05) is 17.6 Å². The number of rotatable bonds is 12. The third kappa shape index (κ3) is 9.11. The maximum atomic E-state index is 13.6. The van der Waals surface area contributed by atoms with E-state index >= 15 is 0 Å². The van der Waals surface area contributed by atoms with Crippen LogP contribution in [-0.4, -0.2) is 50.5 Å². The summed E-state index contributed by atoms with van der Waals surface area (Å²) in [6, 6.07) is 22.3. The van der Waals surface area contributed by atoms with Crippen LogP contribution in [0.3, 0.4) is 0 Å². The highest BCUT2D eigenvalue weighted by Gasteiger charge is 2.30. The molecule has 0 radical (unpaired) electrons. The van der Waals surface area contributed by atoms with Crippen LogP contribution in [0, 0.1) is 5.92 Å². The summed E-state index contributed by atoms with van der Waals surface area (Å²) in [5.74, 6) is 0.611. The summed E-state index contributed by atoms with van der Waals surface area (Å²) in [7, 11) is -3.83. The van der Waals surface area contributed by atoms with Crippen molar-refractivity contribution in [3.63, 3.8) is 0 Å². The molecular formula is C29H34BrN3O5S. The topological polar surface area (TPSA) is 96.0 Å². The molecule has 0 heterocycles. The van der Waals surface area contributed by atoms with Crippen molar-refractivity contribution in [2.24, 2.45) is 5.92 Å². The predicted octanol–water partition coefficient (Wildman–Crippen LogP) is 5.20. The second kappa shape index (κ2) is 13.6. The molecule has 208 valence electrons. The first-order valence-corrected chi connectivity index (χ1v) is 15.2. The van der Waals surface area contributed by atoms with E-state index in [9.17, 15) is 18.0 Å². The number of anilines is 1.